The highest BCUT2D eigenvalue weighted by molar-refractivity contribution is 14.1. The first-order valence-electron chi connectivity index (χ1n) is 3.90. The molecule has 0 aromatic carbocycles. The third-order valence-corrected chi connectivity index (χ3v) is 2.89. The zero-order valence-electron chi connectivity index (χ0n) is 7.11. The van der Waals surface area contributed by atoms with E-state index in [2.05, 4.69) is 32.7 Å². The van der Waals surface area contributed by atoms with Crippen LogP contribution >= 0.6 is 22.6 Å². The standard InChI is InChI=1S/C9H8IN3/c1-7-8(10)3-4-9(12-7)13-6-2-5-11-13/h2-6H,1H3. The Balaban J connectivity index is 2.49. The number of pyridine rings is 1. The second-order valence-electron chi connectivity index (χ2n) is 2.69. The molecule has 0 atom stereocenters. The van der Waals surface area contributed by atoms with Crippen molar-refractivity contribution in [3.63, 3.8) is 0 Å². The van der Waals surface area contributed by atoms with Crippen molar-refractivity contribution in [3.8, 4) is 5.82 Å². The molecule has 3 nitrogen and oxygen atoms in total. The Morgan fingerprint density at radius 1 is 1.38 bits per heavy atom. The van der Waals surface area contributed by atoms with Gasteiger partial charge in [-0.2, -0.15) is 5.10 Å². The van der Waals surface area contributed by atoms with Gasteiger partial charge >= 0.3 is 0 Å². The predicted octanol–water partition coefficient (Wildman–Crippen LogP) is 2.18. The lowest BCUT2D eigenvalue weighted by atomic mass is 10.4. The molecule has 0 spiro atoms. The van der Waals surface area contributed by atoms with Crippen molar-refractivity contribution >= 4 is 22.6 Å². The van der Waals surface area contributed by atoms with Crippen LogP contribution in [0.4, 0.5) is 0 Å². The summed E-state index contributed by atoms with van der Waals surface area (Å²) in [7, 11) is 0. The summed E-state index contributed by atoms with van der Waals surface area (Å²) in [4.78, 5) is 4.41. The molecule has 0 fully saturated rings. The van der Waals surface area contributed by atoms with E-state index in [1.54, 1.807) is 10.9 Å². The molecule has 0 bridgehead atoms. The van der Waals surface area contributed by atoms with Crippen LogP contribution in [0.15, 0.2) is 30.6 Å². The van der Waals surface area contributed by atoms with E-state index in [9.17, 15) is 0 Å². The molecule has 0 aliphatic rings. The summed E-state index contributed by atoms with van der Waals surface area (Å²) in [5.74, 6) is 0.864. The molecule has 0 radical (unpaired) electrons. The number of aromatic nitrogens is 3. The van der Waals surface area contributed by atoms with Gasteiger partial charge in [-0.25, -0.2) is 9.67 Å². The monoisotopic (exact) mass is 285 g/mol. The molecule has 2 aromatic heterocycles. The molecule has 0 amide bonds. The Kier molecular flexibility index (Phi) is 2.30. The summed E-state index contributed by atoms with van der Waals surface area (Å²) in [6.45, 7) is 1.99. The highest BCUT2D eigenvalue weighted by Crippen LogP contribution is 2.11. The molecule has 0 N–H and O–H groups in total. The van der Waals surface area contributed by atoms with Gasteiger partial charge in [-0.1, -0.05) is 0 Å². The topological polar surface area (TPSA) is 30.7 Å². The van der Waals surface area contributed by atoms with Gasteiger partial charge in [-0.05, 0) is 47.7 Å². The summed E-state index contributed by atoms with van der Waals surface area (Å²) in [5, 5.41) is 4.11. The minimum atomic E-state index is 0.864. The van der Waals surface area contributed by atoms with E-state index in [0.717, 1.165) is 11.5 Å². The maximum Gasteiger partial charge on any atom is 0.153 e. The zero-order chi connectivity index (χ0) is 9.26. The molecule has 2 rings (SSSR count). The minimum Gasteiger partial charge on any atom is -0.233 e. The lowest BCUT2D eigenvalue weighted by Gasteiger charge is -2.02. The number of rotatable bonds is 1. The number of hydrogen-bond donors (Lipinski definition) is 0. The summed E-state index contributed by atoms with van der Waals surface area (Å²) in [5.41, 5.74) is 1.04. The summed E-state index contributed by atoms with van der Waals surface area (Å²) in [6, 6.07) is 5.89. The van der Waals surface area contributed by atoms with E-state index in [1.807, 2.05) is 31.3 Å². The average molecular weight is 285 g/mol. The van der Waals surface area contributed by atoms with Crippen molar-refractivity contribution in [2.45, 2.75) is 6.92 Å². The van der Waals surface area contributed by atoms with Gasteiger partial charge in [0, 0.05) is 16.0 Å². The summed E-state index contributed by atoms with van der Waals surface area (Å²) in [6.07, 6.45) is 3.63. The Labute approximate surface area is 89.9 Å². The predicted molar refractivity (Wildman–Crippen MR) is 58.8 cm³/mol. The molecule has 13 heavy (non-hydrogen) atoms. The maximum absolute atomic E-state index is 4.41. The highest BCUT2D eigenvalue weighted by atomic mass is 127. The Morgan fingerprint density at radius 2 is 2.23 bits per heavy atom. The molecule has 66 valence electrons. The maximum atomic E-state index is 4.41. The number of halogens is 1. The van der Waals surface area contributed by atoms with Crippen LogP contribution in [0.5, 0.6) is 0 Å². The van der Waals surface area contributed by atoms with Crippen molar-refractivity contribution in [3.05, 3.63) is 39.9 Å². The lowest BCUT2D eigenvalue weighted by molar-refractivity contribution is 0.839. The lowest BCUT2D eigenvalue weighted by Crippen LogP contribution is -1.99. The van der Waals surface area contributed by atoms with Crippen LogP contribution in [-0.4, -0.2) is 14.8 Å². The van der Waals surface area contributed by atoms with E-state index < -0.39 is 0 Å². The largest absolute Gasteiger partial charge is 0.233 e. The van der Waals surface area contributed by atoms with Crippen LogP contribution in [0.1, 0.15) is 5.69 Å². The molecular weight excluding hydrogens is 277 g/mol. The van der Waals surface area contributed by atoms with Crippen molar-refractivity contribution < 1.29 is 0 Å². The third kappa shape index (κ3) is 1.72. The zero-order valence-corrected chi connectivity index (χ0v) is 9.26. The van der Waals surface area contributed by atoms with Gasteiger partial charge in [0.1, 0.15) is 0 Å². The minimum absolute atomic E-state index is 0.864. The molecule has 0 saturated carbocycles. The molecule has 4 heteroatoms. The SMILES string of the molecule is Cc1nc(-n2cccn2)ccc1I. The van der Waals surface area contributed by atoms with Gasteiger partial charge in [-0.3, -0.25) is 0 Å². The summed E-state index contributed by atoms with van der Waals surface area (Å²) >= 11 is 2.27. The summed E-state index contributed by atoms with van der Waals surface area (Å²) < 4.78 is 2.93. The van der Waals surface area contributed by atoms with Crippen LogP contribution in [0.2, 0.25) is 0 Å². The van der Waals surface area contributed by atoms with E-state index in [-0.39, 0.29) is 0 Å². The average Bonchev–Trinajstić information content (AvgIpc) is 2.62. The quantitative estimate of drug-likeness (QED) is 0.752. The normalized spacial score (nSPS) is 10.3. The van der Waals surface area contributed by atoms with Gasteiger partial charge in [-0.15, -0.1) is 0 Å². The van der Waals surface area contributed by atoms with Crippen LogP contribution in [0, 0.1) is 10.5 Å². The number of hydrogen-bond acceptors (Lipinski definition) is 2. The fraction of sp³-hybridized carbons (Fsp3) is 0.111. The Morgan fingerprint density at radius 3 is 2.85 bits per heavy atom. The van der Waals surface area contributed by atoms with Crippen molar-refractivity contribution in [2.24, 2.45) is 0 Å². The van der Waals surface area contributed by atoms with Crippen LogP contribution in [0.3, 0.4) is 0 Å². The van der Waals surface area contributed by atoms with Gasteiger partial charge in [0.25, 0.3) is 0 Å². The number of nitrogens with zero attached hydrogens (tertiary/aromatic N) is 3. The molecule has 0 unspecified atom stereocenters. The Bertz CT molecular complexity index is 409. The highest BCUT2D eigenvalue weighted by Gasteiger charge is 2.00. The van der Waals surface area contributed by atoms with Crippen molar-refractivity contribution in [2.75, 3.05) is 0 Å². The first-order chi connectivity index (χ1) is 6.27. The number of aryl methyl sites for hydroxylation is 1. The first-order valence-corrected chi connectivity index (χ1v) is 4.98. The van der Waals surface area contributed by atoms with E-state index in [4.69, 9.17) is 0 Å². The third-order valence-electron chi connectivity index (χ3n) is 1.75. The second kappa shape index (κ2) is 3.45. The van der Waals surface area contributed by atoms with Crippen molar-refractivity contribution in [1.82, 2.24) is 14.8 Å². The first kappa shape index (κ1) is 8.68. The molecule has 2 heterocycles. The van der Waals surface area contributed by atoms with Gasteiger partial charge < -0.3 is 0 Å². The van der Waals surface area contributed by atoms with E-state index in [0.29, 0.717) is 0 Å². The molecule has 0 saturated heterocycles. The van der Waals surface area contributed by atoms with E-state index >= 15 is 0 Å². The van der Waals surface area contributed by atoms with Gasteiger partial charge in [0.05, 0.1) is 5.69 Å². The molecule has 2 aromatic rings. The smallest absolute Gasteiger partial charge is 0.153 e. The molecule has 0 aliphatic carbocycles. The fourth-order valence-corrected chi connectivity index (χ4v) is 1.36. The van der Waals surface area contributed by atoms with Crippen LogP contribution in [-0.2, 0) is 0 Å². The van der Waals surface area contributed by atoms with Gasteiger partial charge in [0.15, 0.2) is 5.82 Å². The van der Waals surface area contributed by atoms with Crippen molar-refractivity contribution in [1.29, 1.82) is 0 Å². The Hall–Kier alpha value is -0.910. The van der Waals surface area contributed by atoms with Crippen LogP contribution < -0.4 is 0 Å². The molecule has 0 aliphatic heterocycles. The molecular formula is C9H8IN3. The fourth-order valence-electron chi connectivity index (χ4n) is 1.06. The van der Waals surface area contributed by atoms with Gasteiger partial charge in [0.2, 0.25) is 0 Å². The van der Waals surface area contributed by atoms with Crippen LogP contribution in [0.25, 0.3) is 5.82 Å². The second-order valence-corrected chi connectivity index (χ2v) is 3.85. The van der Waals surface area contributed by atoms with E-state index in [1.165, 1.54) is 3.57 Å².